The third-order valence-electron chi connectivity index (χ3n) is 2.90. The van der Waals surface area contributed by atoms with Gasteiger partial charge in [-0.15, -0.1) is 0 Å². The van der Waals surface area contributed by atoms with Gasteiger partial charge >= 0.3 is 0 Å². The first kappa shape index (κ1) is 15.2. The van der Waals surface area contributed by atoms with Crippen molar-refractivity contribution >= 4 is 11.8 Å². The van der Waals surface area contributed by atoms with E-state index in [1.54, 1.807) is 0 Å². The lowest BCUT2D eigenvalue weighted by Gasteiger charge is -2.15. The molecule has 0 aromatic heterocycles. The van der Waals surface area contributed by atoms with Crippen molar-refractivity contribution in [2.75, 3.05) is 13.1 Å². The van der Waals surface area contributed by atoms with Crippen LogP contribution in [-0.2, 0) is 9.59 Å². The standard InChI is InChI=1S/C14H21N3O2/c15-10-12(11-6-2-1-3-7-11)14(19)17-9-5-4-8-13(16)18/h1-3,6-7,12H,4-5,8-10,15H2,(H2,16,18)(H,17,19). The van der Waals surface area contributed by atoms with E-state index in [0.29, 0.717) is 19.4 Å². The molecule has 1 aromatic rings. The highest BCUT2D eigenvalue weighted by atomic mass is 16.2. The lowest BCUT2D eigenvalue weighted by Crippen LogP contribution is -2.34. The lowest BCUT2D eigenvalue weighted by atomic mass is 9.98. The fourth-order valence-corrected chi connectivity index (χ4v) is 1.84. The number of unbranched alkanes of at least 4 members (excludes halogenated alkanes) is 1. The topological polar surface area (TPSA) is 98.2 Å². The second kappa shape index (κ2) is 8.26. The number of benzene rings is 1. The summed E-state index contributed by atoms with van der Waals surface area (Å²) >= 11 is 0. The third-order valence-corrected chi connectivity index (χ3v) is 2.90. The molecule has 0 radical (unpaired) electrons. The van der Waals surface area contributed by atoms with Crippen LogP contribution in [0, 0.1) is 0 Å². The van der Waals surface area contributed by atoms with Crippen molar-refractivity contribution in [3.63, 3.8) is 0 Å². The van der Waals surface area contributed by atoms with Gasteiger partial charge in [0.05, 0.1) is 5.92 Å². The number of hydrogen-bond donors (Lipinski definition) is 3. The van der Waals surface area contributed by atoms with Crippen molar-refractivity contribution in [3.05, 3.63) is 35.9 Å². The maximum Gasteiger partial charge on any atom is 0.228 e. The van der Waals surface area contributed by atoms with Gasteiger partial charge in [0.25, 0.3) is 0 Å². The molecule has 1 rings (SSSR count). The Bertz CT molecular complexity index is 406. The summed E-state index contributed by atoms with van der Waals surface area (Å²) in [5.41, 5.74) is 11.6. The summed E-state index contributed by atoms with van der Waals surface area (Å²) in [5, 5.41) is 2.83. The molecular formula is C14H21N3O2. The summed E-state index contributed by atoms with van der Waals surface area (Å²) < 4.78 is 0. The number of carbonyl (C=O) groups excluding carboxylic acids is 2. The Morgan fingerprint density at radius 3 is 2.42 bits per heavy atom. The molecule has 0 fully saturated rings. The average Bonchev–Trinajstić information content (AvgIpc) is 2.40. The van der Waals surface area contributed by atoms with Crippen molar-refractivity contribution in [1.82, 2.24) is 5.32 Å². The van der Waals surface area contributed by atoms with E-state index in [-0.39, 0.29) is 24.3 Å². The molecule has 5 N–H and O–H groups in total. The monoisotopic (exact) mass is 263 g/mol. The smallest absolute Gasteiger partial charge is 0.228 e. The predicted molar refractivity (Wildman–Crippen MR) is 74.3 cm³/mol. The summed E-state index contributed by atoms with van der Waals surface area (Å²) in [5.74, 6) is -0.708. The molecule has 19 heavy (non-hydrogen) atoms. The highest BCUT2D eigenvalue weighted by Crippen LogP contribution is 2.14. The van der Waals surface area contributed by atoms with E-state index in [1.807, 2.05) is 30.3 Å². The summed E-state index contributed by atoms with van der Waals surface area (Å²) in [6.45, 7) is 0.812. The van der Waals surface area contributed by atoms with Gasteiger partial charge in [0.2, 0.25) is 11.8 Å². The Balaban J connectivity index is 2.37. The molecule has 104 valence electrons. The highest BCUT2D eigenvalue weighted by Gasteiger charge is 2.17. The number of nitrogens with one attached hydrogen (secondary N) is 1. The summed E-state index contributed by atoms with van der Waals surface area (Å²) in [6, 6.07) is 9.46. The molecule has 0 saturated carbocycles. The van der Waals surface area contributed by atoms with Gasteiger partial charge in [-0.2, -0.15) is 0 Å². The van der Waals surface area contributed by atoms with E-state index in [2.05, 4.69) is 5.32 Å². The van der Waals surface area contributed by atoms with Crippen LogP contribution in [0.15, 0.2) is 30.3 Å². The summed E-state index contributed by atoms with van der Waals surface area (Å²) in [7, 11) is 0. The molecule has 0 aliphatic carbocycles. The lowest BCUT2D eigenvalue weighted by molar-refractivity contribution is -0.122. The minimum Gasteiger partial charge on any atom is -0.370 e. The van der Waals surface area contributed by atoms with Crippen LogP contribution in [-0.4, -0.2) is 24.9 Å². The zero-order chi connectivity index (χ0) is 14.1. The van der Waals surface area contributed by atoms with Crippen LogP contribution in [0.2, 0.25) is 0 Å². The zero-order valence-electron chi connectivity index (χ0n) is 11.0. The van der Waals surface area contributed by atoms with Gasteiger partial charge in [-0.1, -0.05) is 30.3 Å². The molecule has 2 amide bonds. The van der Waals surface area contributed by atoms with Crippen molar-refractivity contribution in [2.45, 2.75) is 25.2 Å². The van der Waals surface area contributed by atoms with Crippen LogP contribution in [0.25, 0.3) is 0 Å². The second-order valence-electron chi connectivity index (χ2n) is 4.41. The number of primary amides is 1. The van der Waals surface area contributed by atoms with Gasteiger partial charge < -0.3 is 16.8 Å². The van der Waals surface area contributed by atoms with Gasteiger partial charge in [-0.3, -0.25) is 9.59 Å². The maximum atomic E-state index is 12.0. The molecule has 0 saturated heterocycles. The van der Waals surface area contributed by atoms with Crippen LogP contribution in [0.3, 0.4) is 0 Å². The molecular weight excluding hydrogens is 242 g/mol. The Hall–Kier alpha value is -1.88. The molecule has 0 heterocycles. The molecule has 0 aliphatic rings. The average molecular weight is 263 g/mol. The first-order valence-corrected chi connectivity index (χ1v) is 6.46. The molecule has 1 unspecified atom stereocenters. The first-order valence-electron chi connectivity index (χ1n) is 6.46. The molecule has 1 aromatic carbocycles. The highest BCUT2D eigenvalue weighted by molar-refractivity contribution is 5.83. The van der Waals surface area contributed by atoms with Crippen molar-refractivity contribution in [3.8, 4) is 0 Å². The molecule has 0 bridgehead atoms. The quantitative estimate of drug-likeness (QED) is 0.596. The van der Waals surface area contributed by atoms with Gasteiger partial charge in [0, 0.05) is 19.5 Å². The Labute approximate surface area is 113 Å². The molecule has 0 spiro atoms. The Morgan fingerprint density at radius 2 is 1.84 bits per heavy atom. The number of rotatable bonds is 8. The minimum absolute atomic E-state index is 0.0761. The van der Waals surface area contributed by atoms with E-state index in [0.717, 1.165) is 12.0 Å². The predicted octanol–water partition coefficient (Wildman–Crippen LogP) is 0.501. The molecule has 1 atom stereocenters. The number of nitrogens with two attached hydrogens (primary N) is 2. The Kier molecular flexibility index (Phi) is 6.60. The fourth-order valence-electron chi connectivity index (χ4n) is 1.84. The van der Waals surface area contributed by atoms with E-state index in [1.165, 1.54) is 0 Å². The largest absolute Gasteiger partial charge is 0.370 e. The van der Waals surface area contributed by atoms with Crippen LogP contribution in [0.4, 0.5) is 0 Å². The van der Waals surface area contributed by atoms with Crippen molar-refractivity contribution in [1.29, 1.82) is 0 Å². The van der Waals surface area contributed by atoms with Crippen LogP contribution in [0.5, 0.6) is 0 Å². The van der Waals surface area contributed by atoms with E-state index in [9.17, 15) is 9.59 Å². The normalized spacial score (nSPS) is 11.8. The fraction of sp³-hybridized carbons (Fsp3) is 0.429. The van der Waals surface area contributed by atoms with Gasteiger partial charge in [0.1, 0.15) is 0 Å². The Morgan fingerprint density at radius 1 is 1.16 bits per heavy atom. The summed E-state index contributed by atoms with van der Waals surface area (Å²) in [4.78, 5) is 22.5. The molecule has 5 heteroatoms. The van der Waals surface area contributed by atoms with Crippen LogP contribution >= 0.6 is 0 Å². The third kappa shape index (κ3) is 5.52. The van der Waals surface area contributed by atoms with Gasteiger partial charge in [-0.25, -0.2) is 0 Å². The van der Waals surface area contributed by atoms with Gasteiger partial charge in [-0.05, 0) is 18.4 Å². The molecule has 0 aliphatic heterocycles. The van der Waals surface area contributed by atoms with Crippen molar-refractivity contribution < 1.29 is 9.59 Å². The van der Waals surface area contributed by atoms with Crippen LogP contribution in [0.1, 0.15) is 30.7 Å². The number of carbonyl (C=O) groups is 2. The zero-order valence-corrected chi connectivity index (χ0v) is 11.0. The maximum absolute atomic E-state index is 12.0. The number of amides is 2. The van der Waals surface area contributed by atoms with E-state index >= 15 is 0 Å². The number of hydrogen-bond acceptors (Lipinski definition) is 3. The summed E-state index contributed by atoms with van der Waals surface area (Å²) in [6.07, 6.45) is 1.78. The molecule has 5 nitrogen and oxygen atoms in total. The van der Waals surface area contributed by atoms with E-state index in [4.69, 9.17) is 11.5 Å². The second-order valence-corrected chi connectivity index (χ2v) is 4.41. The SMILES string of the molecule is NCC(C(=O)NCCCCC(N)=O)c1ccccc1. The minimum atomic E-state index is -0.322. The van der Waals surface area contributed by atoms with Crippen LogP contribution < -0.4 is 16.8 Å². The first-order chi connectivity index (χ1) is 9.15. The van der Waals surface area contributed by atoms with Crippen molar-refractivity contribution in [2.24, 2.45) is 11.5 Å². The van der Waals surface area contributed by atoms with E-state index < -0.39 is 0 Å². The van der Waals surface area contributed by atoms with Gasteiger partial charge in [0.15, 0.2) is 0 Å².